The van der Waals surface area contributed by atoms with Gasteiger partial charge in [-0.05, 0) is 49.8 Å². The molecule has 8 nitrogen and oxygen atoms in total. The Bertz CT molecular complexity index is 1060. The van der Waals surface area contributed by atoms with E-state index in [1.165, 1.54) is 12.8 Å². The minimum absolute atomic E-state index is 0.00595. The Labute approximate surface area is 155 Å². The number of hydrogen-bond donors (Lipinski definition) is 2. The number of H-pyrrole nitrogens is 1. The lowest BCUT2D eigenvalue weighted by atomic mass is 10.1. The van der Waals surface area contributed by atoms with Crippen molar-refractivity contribution in [1.29, 1.82) is 0 Å². The van der Waals surface area contributed by atoms with Gasteiger partial charge in [-0.3, -0.25) is 9.36 Å². The van der Waals surface area contributed by atoms with E-state index >= 15 is 0 Å². The van der Waals surface area contributed by atoms with Gasteiger partial charge >= 0.3 is 5.69 Å². The maximum atomic E-state index is 12.6. The number of nitrogens with one attached hydrogen (secondary N) is 2. The molecule has 2 N–H and O–H groups in total. The number of fused-ring (bicyclic) bond motifs is 2. The maximum absolute atomic E-state index is 12.6. The molecule has 1 atom stereocenters. The molecule has 2 aromatic heterocycles. The third-order valence-electron chi connectivity index (χ3n) is 5.56. The summed E-state index contributed by atoms with van der Waals surface area (Å²) in [5.74, 6) is 1.37. The summed E-state index contributed by atoms with van der Waals surface area (Å²) in [5, 5.41) is 7.64. The zero-order chi connectivity index (χ0) is 18.4. The second-order valence-electron chi connectivity index (χ2n) is 7.61. The fourth-order valence-electron chi connectivity index (χ4n) is 3.78. The summed E-state index contributed by atoms with van der Waals surface area (Å²) in [6.07, 6.45) is 6.25. The summed E-state index contributed by atoms with van der Waals surface area (Å²) >= 11 is 0. The van der Waals surface area contributed by atoms with Gasteiger partial charge in [0, 0.05) is 31.1 Å². The fourth-order valence-corrected chi connectivity index (χ4v) is 3.78. The molecule has 0 bridgehead atoms. The predicted molar refractivity (Wildman–Crippen MR) is 99.5 cm³/mol. The van der Waals surface area contributed by atoms with Gasteiger partial charge in [0.25, 0.3) is 5.91 Å². The normalized spacial score (nSPS) is 19.6. The average molecular weight is 366 g/mol. The molecule has 140 valence electrons. The van der Waals surface area contributed by atoms with Crippen molar-refractivity contribution in [3.8, 4) is 0 Å². The Hall–Kier alpha value is -2.90. The zero-order valence-corrected chi connectivity index (χ0v) is 15.0. The molecule has 8 heteroatoms. The average Bonchev–Trinajstić information content (AvgIpc) is 3.33. The molecule has 27 heavy (non-hydrogen) atoms. The molecular weight excluding hydrogens is 344 g/mol. The lowest BCUT2D eigenvalue weighted by Gasteiger charge is -2.16. The van der Waals surface area contributed by atoms with Crippen molar-refractivity contribution in [2.75, 3.05) is 0 Å². The van der Waals surface area contributed by atoms with Crippen LogP contribution in [0.25, 0.3) is 11.0 Å². The van der Waals surface area contributed by atoms with Gasteiger partial charge in [0.2, 0.25) is 0 Å². The molecule has 1 aliphatic heterocycles. The van der Waals surface area contributed by atoms with Gasteiger partial charge in [-0.1, -0.05) is 0 Å². The summed E-state index contributed by atoms with van der Waals surface area (Å²) in [4.78, 5) is 32.4. The van der Waals surface area contributed by atoms with Crippen molar-refractivity contribution in [3.63, 3.8) is 0 Å². The van der Waals surface area contributed by atoms with Gasteiger partial charge in [-0.2, -0.15) is 5.10 Å². The second-order valence-corrected chi connectivity index (χ2v) is 7.61. The fraction of sp³-hybridized carbons (Fsp3) is 0.474. The number of nitrogens with zero attached hydrogens (tertiary/aromatic N) is 4. The van der Waals surface area contributed by atoms with Crippen molar-refractivity contribution in [1.82, 2.24) is 29.6 Å². The third kappa shape index (κ3) is 3.15. The van der Waals surface area contributed by atoms with E-state index in [9.17, 15) is 9.59 Å². The molecule has 2 aliphatic rings. The second kappa shape index (κ2) is 6.37. The highest BCUT2D eigenvalue weighted by Gasteiger charge is 2.26. The van der Waals surface area contributed by atoms with Crippen molar-refractivity contribution >= 4 is 16.9 Å². The van der Waals surface area contributed by atoms with E-state index in [1.807, 2.05) is 12.1 Å². The van der Waals surface area contributed by atoms with Crippen LogP contribution in [0.2, 0.25) is 0 Å². The molecule has 3 aromatic rings. The van der Waals surface area contributed by atoms with Crippen molar-refractivity contribution in [2.45, 2.75) is 51.2 Å². The van der Waals surface area contributed by atoms with Gasteiger partial charge < -0.3 is 10.3 Å². The monoisotopic (exact) mass is 366 g/mol. The van der Waals surface area contributed by atoms with Crippen LogP contribution in [-0.4, -0.2) is 36.3 Å². The minimum atomic E-state index is -0.0952. The van der Waals surface area contributed by atoms with Crippen LogP contribution in [0.3, 0.4) is 0 Å². The number of rotatable bonds is 4. The first-order valence-electron chi connectivity index (χ1n) is 9.58. The van der Waals surface area contributed by atoms with E-state index in [1.54, 1.807) is 21.6 Å². The van der Waals surface area contributed by atoms with Gasteiger partial charge in [-0.15, -0.1) is 0 Å². The van der Waals surface area contributed by atoms with E-state index in [-0.39, 0.29) is 17.6 Å². The molecule has 1 amide bonds. The van der Waals surface area contributed by atoms with Crippen LogP contribution < -0.4 is 11.0 Å². The topological polar surface area (TPSA) is 97.6 Å². The van der Waals surface area contributed by atoms with Gasteiger partial charge in [0.15, 0.2) is 0 Å². The standard InChI is InChI=1S/C19H22N6O2/c26-18(13-3-5-15-16(9-13)21-11-20-15)22-14-4-6-17-23-25(10-12-1-2-12)19(27)24(17)8-7-14/h3,5,9,11-12,14H,1-2,4,6-8,10H2,(H,20,21)(H,22,26). The number of aromatic amines is 1. The third-order valence-corrected chi connectivity index (χ3v) is 5.56. The van der Waals surface area contributed by atoms with E-state index in [4.69, 9.17) is 0 Å². The number of aromatic nitrogens is 5. The van der Waals surface area contributed by atoms with E-state index in [0.717, 1.165) is 36.2 Å². The molecule has 1 aromatic carbocycles. The Kier molecular flexibility index (Phi) is 3.84. The van der Waals surface area contributed by atoms with E-state index < -0.39 is 0 Å². The first-order chi connectivity index (χ1) is 13.2. The van der Waals surface area contributed by atoms with Crippen molar-refractivity contribution in [3.05, 3.63) is 46.4 Å². The smallest absolute Gasteiger partial charge is 0.345 e. The Balaban J connectivity index is 1.27. The molecular formula is C19H22N6O2. The lowest BCUT2D eigenvalue weighted by molar-refractivity contribution is 0.0933. The largest absolute Gasteiger partial charge is 0.349 e. The Morgan fingerprint density at radius 2 is 2.15 bits per heavy atom. The Morgan fingerprint density at radius 3 is 3.00 bits per heavy atom. The van der Waals surface area contributed by atoms with Gasteiger partial charge in [0.1, 0.15) is 5.82 Å². The Morgan fingerprint density at radius 1 is 1.26 bits per heavy atom. The number of carbonyl (C=O) groups is 1. The molecule has 0 saturated heterocycles. The first kappa shape index (κ1) is 16.3. The summed E-state index contributed by atoms with van der Waals surface area (Å²) in [7, 11) is 0. The molecule has 5 rings (SSSR count). The first-order valence-corrected chi connectivity index (χ1v) is 9.58. The number of carbonyl (C=O) groups excluding carboxylic acids is 1. The summed E-state index contributed by atoms with van der Waals surface area (Å²) < 4.78 is 3.41. The molecule has 0 spiro atoms. The van der Waals surface area contributed by atoms with E-state index in [0.29, 0.717) is 24.4 Å². The highest BCUT2D eigenvalue weighted by atomic mass is 16.2. The minimum Gasteiger partial charge on any atom is -0.349 e. The van der Waals surface area contributed by atoms with Crippen LogP contribution in [0, 0.1) is 5.92 Å². The summed E-state index contributed by atoms with van der Waals surface area (Å²) in [6, 6.07) is 5.48. The molecule has 1 unspecified atom stereocenters. The zero-order valence-electron chi connectivity index (χ0n) is 15.0. The van der Waals surface area contributed by atoms with E-state index in [2.05, 4.69) is 20.4 Å². The summed E-state index contributed by atoms with van der Waals surface area (Å²) in [6.45, 7) is 1.35. The highest BCUT2D eigenvalue weighted by molar-refractivity contribution is 5.97. The summed E-state index contributed by atoms with van der Waals surface area (Å²) in [5.41, 5.74) is 2.29. The van der Waals surface area contributed by atoms with Crippen LogP contribution in [0.5, 0.6) is 0 Å². The molecule has 1 aliphatic carbocycles. The van der Waals surface area contributed by atoms with Gasteiger partial charge in [0.05, 0.1) is 17.4 Å². The molecule has 3 heterocycles. The van der Waals surface area contributed by atoms with Crippen LogP contribution >= 0.6 is 0 Å². The quantitative estimate of drug-likeness (QED) is 0.730. The SMILES string of the molecule is O=C(NC1CCc2nn(CC3CC3)c(=O)n2CC1)c1ccc2nc[nH]c2c1. The molecule has 1 saturated carbocycles. The van der Waals surface area contributed by atoms with Crippen LogP contribution in [0.4, 0.5) is 0 Å². The van der Waals surface area contributed by atoms with Crippen molar-refractivity contribution < 1.29 is 4.79 Å². The molecule has 1 fully saturated rings. The lowest BCUT2D eigenvalue weighted by Crippen LogP contribution is -2.35. The number of hydrogen-bond acceptors (Lipinski definition) is 4. The number of benzene rings is 1. The van der Waals surface area contributed by atoms with Gasteiger partial charge in [-0.25, -0.2) is 14.5 Å². The maximum Gasteiger partial charge on any atom is 0.345 e. The number of imidazole rings is 1. The number of amides is 1. The van der Waals surface area contributed by atoms with Crippen LogP contribution in [0.1, 0.15) is 41.9 Å². The van der Waals surface area contributed by atoms with Crippen LogP contribution in [-0.2, 0) is 19.5 Å². The van der Waals surface area contributed by atoms with Crippen LogP contribution in [0.15, 0.2) is 29.3 Å². The van der Waals surface area contributed by atoms with Crippen molar-refractivity contribution in [2.24, 2.45) is 5.92 Å². The number of aryl methyl sites for hydroxylation is 1. The predicted octanol–water partition coefficient (Wildman–Crippen LogP) is 1.47. The molecule has 0 radical (unpaired) electrons. The highest BCUT2D eigenvalue weighted by Crippen LogP contribution is 2.30.